The molecule has 0 amide bonds. The molecule has 0 aliphatic rings. The molecule has 0 heterocycles. The van der Waals surface area contributed by atoms with Crippen molar-refractivity contribution in [2.75, 3.05) is 6.61 Å². The summed E-state index contributed by atoms with van der Waals surface area (Å²) in [5.41, 5.74) is 1.14. The zero-order valence-corrected chi connectivity index (χ0v) is 12.4. The molecule has 0 atom stereocenters. The monoisotopic (exact) mass is 287 g/mol. The van der Waals surface area contributed by atoms with E-state index in [9.17, 15) is 8.78 Å². The van der Waals surface area contributed by atoms with E-state index < -0.39 is 12.5 Å². The van der Waals surface area contributed by atoms with Crippen molar-refractivity contribution in [2.45, 2.75) is 38.4 Å². The fourth-order valence-electron chi connectivity index (χ4n) is 1.32. The fraction of sp³-hybridized carbons (Fsp3) is 0.500. The summed E-state index contributed by atoms with van der Waals surface area (Å²) in [6.07, 6.45) is 0. The Morgan fingerprint density at radius 1 is 1.32 bits per heavy atom. The zero-order chi connectivity index (χ0) is 14.7. The number of halogens is 2. The van der Waals surface area contributed by atoms with Gasteiger partial charge >= 0.3 is 0 Å². The Morgan fingerprint density at radius 3 is 2.47 bits per heavy atom. The van der Waals surface area contributed by atoms with Crippen molar-refractivity contribution < 1.29 is 13.9 Å². The van der Waals surface area contributed by atoms with Crippen LogP contribution in [-0.2, 0) is 5.92 Å². The third kappa shape index (κ3) is 4.91. The van der Waals surface area contributed by atoms with E-state index in [4.69, 9.17) is 5.11 Å². The number of benzene rings is 1. The predicted octanol–water partition coefficient (Wildman–Crippen LogP) is 4.03. The molecule has 0 spiro atoms. The number of aliphatic hydroxyl groups excluding tert-OH is 1. The Hall–Kier alpha value is -0.940. The predicted molar refractivity (Wildman–Crippen MR) is 77.0 cm³/mol. The van der Waals surface area contributed by atoms with Crippen molar-refractivity contribution >= 4 is 17.7 Å². The van der Waals surface area contributed by atoms with Crippen molar-refractivity contribution in [1.29, 1.82) is 0 Å². The standard InChI is InChI=1S/C14H19F2NOS/c1-10(17-19-13(2,3)4)11-6-5-7-12(8-11)14(15,16)9-18/h5-8,18H,9H2,1-4H3. The molecule has 0 saturated heterocycles. The molecule has 106 valence electrons. The van der Waals surface area contributed by atoms with Gasteiger partial charge in [0.25, 0.3) is 5.92 Å². The molecule has 0 radical (unpaired) electrons. The number of rotatable bonds is 4. The molecule has 1 aromatic rings. The van der Waals surface area contributed by atoms with Gasteiger partial charge in [0.15, 0.2) is 0 Å². The van der Waals surface area contributed by atoms with Crippen LogP contribution in [0.1, 0.15) is 38.8 Å². The van der Waals surface area contributed by atoms with Crippen LogP contribution in [0.2, 0.25) is 0 Å². The molecule has 0 saturated carbocycles. The molecule has 1 N–H and O–H groups in total. The van der Waals surface area contributed by atoms with Gasteiger partial charge in [0, 0.05) is 10.3 Å². The molecule has 0 fully saturated rings. The third-order valence-corrected chi connectivity index (χ3v) is 3.27. The van der Waals surface area contributed by atoms with Gasteiger partial charge < -0.3 is 5.11 Å². The molecule has 19 heavy (non-hydrogen) atoms. The lowest BCUT2D eigenvalue weighted by molar-refractivity contribution is -0.0556. The highest BCUT2D eigenvalue weighted by atomic mass is 32.2. The van der Waals surface area contributed by atoms with Crippen molar-refractivity contribution in [3.8, 4) is 0 Å². The third-order valence-electron chi connectivity index (χ3n) is 2.36. The van der Waals surface area contributed by atoms with Gasteiger partial charge in [0.05, 0.1) is 5.71 Å². The molecule has 0 aliphatic carbocycles. The highest BCUT2D eigenvalue weighted by Crippen LogP contribution is 2.29. The molecule has 1 rings (SSSR count). The Kier molecular flexibility index (Phi) is 5.10. The summed E-state index contributed by atoms with van der Waals surface area (Å²) in [6.45, 7) is 6.69. The summed E-state index contributed by atoms with van der Waals surface area (Å²) in [5.74, 6) is -3.21. The lowest BCUT2D eigenvalue weighted by Gasteiger charge is -2.16. The van der Waals surface area contributed by atoms with Gasteiger partial charge in [0.1, 0.15) is 6.61 Å². The lowest BCUT2D eigenvalue weighted by atomic mass is 10.0. The summed E-state index contributed by atoms with van der Waals surface area (Å²) in [5, 5.41) is 8.70. The summed E-state index contributed by atoms with van der Waals surface area (Å²) in [4.78, 5) is 0. The van der Waals surface area contributed by atoms with Gasteiger partial charge in [-0.15, -0.1) is 0 Å². The molecular formula is C14H19F2NOS. The molecule has 0 unspecified atom stereocenters. The van der Waals surface area contributed by atoms with Crippen LogP contribution in [0.25, 0.3) is 0 Å². The van der Waals surface area contributed by atoms with Crippen LogP contribution in [0.5, 0.6) is 0 Å². The summed E-state index contributed by atoms with van der Waals surface area (Å²) in [6, 6.07) is 5.97. The van der Waals surface area contributed by atoms with Gasteiger partial charge in [-0.1, -0.05) is 18.2 Å². The average molecular weight is 287 g/mol. The Labute approximate surface area is 117 Å². The molecule has 1 aromatic carbocycles. The largest absolute Gasteiger partial charge is 0.390 e. The second-order valence-electron chi connectivity index (χ2n) is 5.32. The molecule has 0 aromatic heterocycles. The van der Waals surface area contributed by atoms with E-state index in [2.05, 4.69) is 4.40 Å². The van der Waals surface area contributed by atoms with E-state index in [-0.39, 0.29) is 10.3 Å². The smallest absolute Gasteiger partial charge is 0.295 e. The van der Waals surface area contributed by atoms with Gasteiger partial charge in [-0.25, -0.2) is 4.40 Å². The fourth-order valence-corrected chi connectivity index (χ4v) is 1.84. The second-order valence-corrected chi connectivity index (χ2v) is 6.91. The Bertz CT molecular complexity index is 467. The van der Waals surface area contributed by atoms with E-state index in [1.165, 1.54) is 24.1 Å². The first-order chi connectivity index (χ1) is 8.65. The van der Waals surface area contributed by atoms with Crippen molar-refractivity contribution in [2.24, 2.45) is 4.40 Å². The Balaban J connectivity index is 3.00. The van der Waals surface area contributed by atoms with Crippen LogP contribution in [0.15, 0.2) is 28.7 Å². The van der Waals surface area contributed by atoms with Crippen LogP contribution in [0.3, 0.4) is 0 Å². The number of hydrogen-bond donors (Lipinski definition) is 1. The molecule has 0 aliphatic heterocycles. The van der Waals surface area contributed by atoms with Crippen molar-refractivity contribution in [3.63, 3.8) is 0 Å². The second kappa shape index (κ2) is 6.01. The molecule has 2 nitrogen and oxygen atoms in total. The van der Waals surface area contributed by atoms with Crippen molar-refractivity contribution in [3.05, 3.63) is 35.4 Å². The minimum Gasteiger partial charge on any atom is -0.390 e. The van der Waals surface area contributed by atoms with E-state index in [1.807, 2.05) is 20.8 Å². The number of alkyl halides is 2. The number of aliphatic hydroxyl groups is 1. The quantitative estimate of drug-likeness (QED) is 0.670. The van der Waals surface area contributed by atoms with E-state index >= 15 is 0 Å². The van der Waals surface area contributed by atoms with E-state index in [0.29, 0.717) is 11.3 Å². The summed E-state index contributed by atoms with van der Waals surface area (Å²) < 4.78 is 31.1. The first-order valence-electron chi connectivity index (χ1n) is 5.98. The average Bonchev–Trinajstić information content (AvgIpc) is 2.35. The van der Waals surface area contributed by atoms with Crippen LogP contribution in [-0.4, -0.2) is 22.2 Å². The topological polar surface area (TPSA) is 32.6 Å². The number of nitrogens with zero attached hydrogens (tertiary/aromatic N) is 1. The molecule has 5 heteroatoms. The van der Waals surface area contributed by atoms with Crippen LogP contribution in [0, 0.1) is 0 Å². The van der Waals surface area contributed by atoms with Gasteiger partial charge in [0.2, 0.25) is 0 Å². The normalized spacial score (nSPS) is 13.7. The van der Waals surface area contributed by atoms with Crippen LogP contribution in [0.4, 0.5) is 8.78 Å². The first-order valence-corrected chi connectivity index (χ1v) is 6.75. The zero-order valence-electron chi connectivity index (χ0n) is 11.6. The van der Waals surface area contributed by atoms with Gasteiger partial charge in [-0.2, -0.15) is 8.78 Å². The minimum absolute atomic E-state index is 0.0199. The maximum absolute atomic E-state index is 13.4. The molecule has 0 bridgehead atoms. The van der Waals surface area contributed by atoms with Gasteiger partial charge in [-0.05, 0) is 51.3 Å². The van der Waals surface area contributed by atoms with Crippen LogP contribution < -0.4 is 0 Å². The lowest BCUT2D eigenvalue weighted by Crippen LogP contribution is -2.18. The SMILES string of the molecule is CC(=NSC(C)(C)C)c1cccc(C(F)(F)CO)c1. The highest BCUT2D eigenvalue weighted by Gasteiger charge is 2.30. The summed E-state index contributed by atoms with van der Waals surface area (Å²) in [7, 11) is 0. The van der Waals surface area contributed by atoms with E-state index in [0.717, 1.165) is 0 Å². The Morgan fingerprint density at radius 2 is 1.95 bits per heavy atom. The first kappa shape index (κ1) is 16.1. The van der Waals surface area contributed by atoms with Crippen LogP contribution >= 0.6 is 11.9 Å². The maximum atomic E-state index is 13.4. The summed E-state index contributed by atoms with van der Waals surface area (Å²) >= 11 is 1.41. The van der Waals surface area contributed by atoms with E-state index in [1.54, 1.807) is 19.1 Å². The highest BCUT2D eigenvalue weighted by molar-refractivity contribution is 7.99. The van der Waals surface area contributed by atoms with Gasteiger partial charge in [-0.3, -0.25) is 0 Å². The minimum atomic E-state index is -3.21. The maximum Gasteiger partial charge on any atom is 0.295 e. The van der Waals surface area contributed by atoms with Crippen molar-refractivity contribution in [1.82, 2.24) is 0 Å². The molecular weight excluding hydrogens is 268 g/mol. The number of hydrogen-bond acceptors (Lipinski definition) is 3.